The molecule has 1 N–H and O–H groups in total. The Morgan fingerprint density at radius 1 is 0.816 bits per heavy atom. The summed E-state index contributed by atoms with van der Waals surface area (Å²) >= 11 is 0. The third-order valence-corrected chi connectivity index (χ3v) is 6.42. The van der Waals surface area contributed by atoms with Crippen molar-refractivity contribution in [2.45, 2.75) is 6.42 Å². The maximum Gasteiger partial charge on any atom is 0.337 e. The third kappa shape index (κ3) is 4.73. The molecule has 0 unspecified atom stereocenters. The van der Waals surface area contributed by atoms with Crippen molar-refractivity contribution in [1.29, 1.82) is 0 Å². The first-order chi connectivity index (χ1) is 18.4. The molecule has 1 amide bonds. The number of carbonyl (C=O) groups is 3. The van der Waals surface area contributed by atoms with E-state index in [0.717, 1.165) is 46.7 Å². The summed E-state index contributed by atoms with van der Waals surface area (Å²) in [6.07, 6.45) is 0.867. The molecule has 38 heavy (non-hydrogen) atoms. The molecular weight excluding hydrogens is 486 g/mol. The third-order valence-electron chi connectivity index (χ3n) is 6.42. The van der Waals surface area contributed by atoms with Gasteiger partial charge in [-0.3, -0.25) is 4.79 Å². The highest BCUT2D eigenvalue weighted by Crippen LogP contribution is 2.35. The molecule has 5 rings (SSSR count). The van der Waals surface area contributed by atoms with Gasteiger partial charge in [-0.25, -0.2) is 14.6 Å². The van der Waals surface area contributed by atoms with Crippen molar-refractivity contribution in [2.24, 2.45) is 0 Å². The Labute approximate surface area is 218 Å². The quantitative estimate of drug-likeness (QED) is 0.369. The van der Waals surface area contributed by atoms with Crippen LogP contribution in [0, 0.1) is 0 Å². The number of hydrogen-bond donors (Lipinski definition) is 1. The summed E-state index contributed by atoms with van der Waals surface area (Å²) < 4.78 is 14.8. The van der Waals surface area contributed by atoms with Crippen LogP contribution in [0.25, 0.3) is 10.9 Å². The van der Waals surface area contributed by atoms with E-state index in [1.165, 1.54) is 32.4 Å². The zero-order valence-electron chi connectivity index (χ0n) is 21.1. The second kappa shape index (κ2) is 10.2. The molecule has 0 saturated heterocycles. The monoisotopic (exact) mass is 511 g/mol. The summed E-state index contributed by atoms with van der Waals surface area (Å²) in [4.78, 5) is 44.1. The number of amides is 1. The highest BCUT2D eigenvalue weighted by molar-refractivity contribution is 6.06. The Morgan fingerprint density at radius 2 is 1.50 bits per heavy atom. The van der Waals surface area contributed by atoms with Gasteiger partial charge < -0.3 is 24.4 Å². The van der Waals surface area contributed by atoms with Gasteiger partial charge in [-0.05, 0) is 72.6 Å². The molecule has 0 bridgehead atoms. The van der Waals surface area contributed by atoms with Crippen molar-refractivity contribution in [1.82, 2.24) is 4.98 Å². The first kappa shape index (κ1) is 24.8. The number of ether oxygens (including phenoxy) is 3. The van der Waals surface area contributed by atoms with Gasteiger partial charge in [-0.2, -0.15) is 0 Å². The molecule has 0 aliphatic carbocycles. The van der Waals surface area contributed by atoms with E-state index < -0.39 is 17.8 Å². The molecule has 0 saturated carbocycles. The molecule has 0 spiro atoms. The van der Waals surface area contributed by atoms with E-state index in [2.05, 4.69) is 16.3 Å². The fourth-order valence-corrected chi connectivity index (χ4v) is 4.48. The van der Waals surface area contributed by atoms with Crippen molar-refractivity contribution < 1.29 is 28.6 Å². The first-order valence-corrected chi connectivity index (χ1v) is 11.9. The molecule has 0 radical (unpaired) electrons. The number of carbonyl (C=O) groups excluding carboxylic acids is 3. The van der Waals surface area contributed by atoms with Crippen LogP contribution in [0.1, 0.15) is 36.6 Å². The normalized spacial score (nSPS) is 12.1. The van der Waals surface area contributed by atoms with Gasteiger partial charge in [0.25, 0.3) is 5.91 Å². The van der Waals surface area contributed by atoms with E-state index in [9.17, 15) is 14.4 Å². The van der Waals surface area contributed by atoms with E-state index in [1.807, 2.05) is 30.3 Å². The van der Waals surface area contributed by atoms with Gasteiger partial charge in [0.2, 0.25) is 0 Å². The second-order valence-electron chi connectivity index (χ2n) is 8.71. The standard InChI is InChI=1S/C29H25N3O6/c1-36-24-9-6-18-12-19-10-11-32(26(19)31-25(18)16-24)23-7-4-17(5-8-23)27(33)30-22-14-20(28(34)37-2)13-21(15-22)29(35)38-3/h4-9,12-16H,10-11H2,1-3H3,(H,30,33). The van der Waals surface area contributed by atoms with Crippen molar-refractivity contribution in [3.05, 3.63) is 89.0 Å². The predicted molar refractivity (Wildman–Crippen MR) is 143 cm³/mol. The molecule has 0 atom stereocenters. The van der Waals surface area contributed by atoms with Gasteiger partial charge >= 0.3 is 11.9 Å². The number of nitrogens with zero attached hydrogens (tertiary/aromatic N) is 2. The van der Waals surface area contributed by atoms with Crippen molar-refractivity contribution in [2.75, 3.05) is 38.1 Å². The van der Waals surface area contributed by atoms with Crippen molar-refractivity contribution in [3.8, 4) is 5.75 Å². The van der Waals surface area contributed by atoms with Crippen LogP contribution >= 0.6 is 0 Å². The Bertz CT molecular complexity index is 1530. The number of esters is 2. The molecule has 3 aromatic carbocycles. The first-order valence-electron chi connectivity index (χ1n) is 11.9. The molecule has 1 aliphatic heterocycles. The maximum absolute atomic E-state index is 13.0. The minimum absolute atomic E-state index is 0.117. The van der Waals surface area contributed by atoms with Gasteiger partial charge in [0, 0.05) is 34.9 Å². The average Bonchev–Trinajstić information content (AvgIpc) is 3.37. The number of benzene rings is 3. The predicted octanol–water partition coefficient (Wildman–Crippen LogP) is 4.76. The van der Waals surface area contributed by atoms with Crippen molar-refractivity contribution >= 4 is 45.9 Å². The minimum atomic E-state index is -0.638. The zero-order valence-corrected chi connectivity index (χ0v) is 21.1. The maximum atomic E-state index is 13.0. The van der Waals surface area contributed by atoms with Crippen LogP contribution in [0.15, 0.2) is 66.7 Å². The number of fused-ring (bicyclic) bond motifs is 2. The van der Waals surface area contributed by atoms with E-state index in [1.54, 1.807) is 19.2 Å². The Hall–Kier alpha value is -4.92. The SMILES string of the molecule is COC(=O)c1cc(NC(=O)c2ccc(N3CCc4cc5ccc(OC)cc5nc43)cc2)cc(C(=O)OC)c1. The number of hydrogen-bond acceptors (Lipinski definition) is 8. The van der Waals surface area contributed by atoms with Crippen LogP contribution < -0.4 is 15.0 Å². The summed E-state index contributed by atoms with van der Waals surface area (Å²) in [6, 6.07) is 19.4. The van der Waals surface area contributed by atoms with Gasteiger partial charge in [-0.1, -0.05) is 0 Å². The number of anilines is 3. The van der Waals surface area contributed by atoms with Crippen molar-refractivity contribution in [3.63, 3.8) is 0 Å². The number of rotatable bonds is 6. The number of pyridine rings is 1. The molecule has 0 fully saturated rings. The smallest absolute Gasteiger partial charge is 0.337 e. The zero-order chi connectivity index (χ0) is 26.8. The molecule has 9 heteroatoms. The Kier molecular flexibility index (Phi) is 6.66. The molecular formula is C29H25N3O6. The van der Waals surface area contributed by atoms with E-state index >= 15 is 0 Å². The number of methoxy groups -OCH3 is 3. The van der Waals surface area contributed by atoms with Gasteiger partial charge in [0.1, 0.15) is 11.6 Å². The highest BCUT2D eigenvalue weighted by atomic mass is 16.5. The minimum Gasteiger partial charge on any atom is -0.497 e. The largest absolute Gasteiger partial charge is 0.497 e. The highest BCUT2D eigenvalue weighted by Gasteiger charge is 2.23. The van der Waals surface area contributed by atoms with Crippen LogP contribution in [0.5, 0.6) is 5.75 Å². The van der Waals surface area contributed by atoms with Crippen LogP contribution in [0.3, 0.4) is 0 Å². The summed E-state index contributed by atoms with van der Waals surface area (Å²) in [5, 5.41) is 3.80. The van der Waals surface area contributed by atoms with Gasteiger partial charge in [0.05, 0.1) is 38.0 Å². The average molecular weight is 512 g/mol. The Morgan fingerprint density at radius 3 is 2.13 bits per heavy atom. The summed E-state index contributed by atoms with van der Waals surface area (Å²) in [6.45, 7) is 0.776. The molecule has 4 aromatic rings. The van der Waals surface area contributed by atoms with E-state index in [-0.39, 0.29) is 16.8 Å². The van der Waals surface area contributed by atoms with Crippen LogP contribution in [-0.2, 0) is 15.9 Å². The van der Waals surface area contributed by atoms with Crippen LogP contribution in [-0.4, -0.2) is 50.7 Å². The topological polar surface area (TPSA) is 107 Å². The van der Waals surface area contributed by atoms with Crippen LogP contribution in [0.2, 0.25) is 0 Å². The lowest BCUT2D eigenvalue weighted by atomic mass is 10.1. The van der Waals surface area contributed by atoms with Crippen LogP contribution in [0.4, 0.5) is 17.2 Å². The van der Waals surface area contributed by atoms with E-state index in [0.29, 0.717) is 5.56 Å². The summed E-state index contributed by atoms with van der Waals surface area (Å²) in [7, 11) is 4.10. The lowest BCUT2D eigenvalue weighted by Crippen LogP contribution is -2.16. The lowest BCUT2D eigenvalue weighted by molar-refractivity contribution is 0.0599. The number of nitrogens with one attached hydrogen (secondary N) is 1. The molecule has 2 heterocycles. The number of aromatic nitrogens is 1. The van der Waals surface area contributed by atoms with E-state index in [4.69, 9.17) is 19.2 Å². The van der Waals surface area contributed by atoms with Gasteiger partial charge in [-0.15, -0.1) is 0 Å². The molecule has 1 aliphatic rings. The summed E-state index contributed by atoms with van der Waals surface area (Å²) in [5.41, 5.74) is 3.84. The molecule has 192 valence electrons. The molecule has 9 nitrogen and oxygen atoms in total. The van der Waals surface area contributed by atoms with Gasteiger partial charge in [0.15, 0.2) is 0 Å². The molecule has 1 aromatic heterocycles. The lowest BCUT2D eigenvalue weighted by Gasteiger charge is -2.19. The second-order valence-corrected chi connectivity index (χ2v) is 8.71. The Balaban J connectivity index is 1.37. The fraction of sp³-hybridized carbons (Fsp3) is 0.172. The summed E-state index contributed by atoms with van der Waals surface area (Å²) in [5.74, 6) is -0.0336. The fourth-order valence-electron chi connectivity index (χ4n) is 4.48.